The number of carboxylic acid groups (broad SMARTS) is 1. The Morgan fingerprint density at radius 3 is 2.80 bits per heavy atom. The Hall–Kier alpha value is -3.34. The molecule has 3 N–H and O–H groups in total. The maximum Gasteiger partial charge on any atom is 0.276 e. The summed E-state index contributed by atoms with van der Waals surface area (Å²) in [7, 11) is 4.13. The van der Waals surface area contributed by atoms with E-state index in [2.05, 4.69) is 34.5 Å². The van der Waals surface area contributed by atoms with Gasteiger partial charge in [0.15, 0.2) is 10.8 Å². The number of oxime groups is 1. The van der Waals surface area contributed by atoms with Gasteiger partial charge in [0.2, 0.25) is 0 Å². The third-order valence-corrected chi connectivity index (χ3v) is 9.01. The van der Waals surface area contributed by atoms with E-state index >= 15 is 0 Å². The number of halogens is 1. The number of fused-ring (bicyclic) bond motifs is 1. The van der Waals surface area contributed by atoms with Crippen LogP contribution in [0.15, 0.2) is 39.5 Å². The maximum absolute atomic E-state index is 13.0. The van der Waals surface area contributed by atoms with Gasteiger partial charge in [-0.25, -0.2) is 14.4 Å². The third kappa shape index (κ3) is 6.51. The SMILES string of the molecule is Cc1ncsc1C[N+](C)(C)C/C=C/C1=C(C(=O)[O-])N2C(=O)[C@@H](NC(=O)/C(=N/OCCF)c3csc(N)n3)[C@H]2SC1. The average Bonchev–Trinajstić information content (AvgIpc) is 3.51. The van der Waals surface area contributed by atoms with Crippen LogP contribution in [0.5, 0.6) is 0 Å². The number of anilines is 1. The molecule has 16 heteroatoms. The van der Waals surface area contributed by atoms with Gasteiger partial charge in [0, 0.05) is 11.1 Å². The highest BCUT2D eigenvalue weighted by atomic mass is 32.2. The number of carbonyl (C=O) groups excluding carboxylic acids is 3. The van der Waals surface area contributed by atoms with Crippen molar-refractivity contribution in [2.24, 2.45) is 5.16 Å². The number of nitrogens with one attached hydrogen (secondary N) is 1. The van der Waals surface area contributed by atoms with Crippen LogP contribution in [0.25, 0.3) is 0 Å². The van der Waals surface area contributed by atoms with Crippen molar-refractivity contribution in [1.29, 1.82) is 0 Å². The number of hydrogen-bond donors (Lipinski definition) is 2. The van der Waals surface area contributed by atoms with Crippen molar-refractivity contribution in [2.75, 3.05) is 45.4 Å². The van der Waals surface area contributed by atoms with Crippen molar-refractivity contribution in [3.05, 3.63) is 50.6 Å². The molecule has 12 nitrogen and oxygen atoms in total. The van der Waals surface area contributed by atoms with Crippen molar-refractivity contribution in [1.82, 2.24) is 20.2 Å². The van der Waals surface area contributed by atoms with E-state index < -0.39 is 35.9 Å². The number of aromatic nitrogens is 2. The van der Waals surface area contributed by atoms with Crippen molar-refractivity contribution in [3.63, 3.8) is 0 Å². The van der Waals surface area contributed by atoms with Crippen LogP contribution >= 0.6 is 34.4 Å². The molecule has 4 heterocycles. The molecule has 4 rings (SSSR count). The minimum Gasteiger partial charge on any atom is -0.543 e. The number of likely N-dealkylation sites (N-methyl/N-ethyl adjacent to an activating group) is 1. The average molecular weight is 610 g/mol. The number of rotatable bonds is 12. The van der Waals surface area contributed by atoms with Gasteiger partial charge < -0.3 is 30.3 Å². The van der Waals surface area contributed by atoms with Crippen LogP contribution in [0.4, 0.5) is 9.52 Å². The molecule has 0 radical (unpaired) electrons. The Kier molecular flexibility index (Phi) is 9.22. The number of carboxylic acids is 1. The Morgan fingerprint density at radius 1 is 1.40 bits per heavy atom. The molecule has 0 saturated carbocycles. The minimum absolute atomic E-state index is 0.105. The fraction of sp³-hybridized carbons (Fsp3) is 0.417. The first-order chi connectivity index (χ1) is 19.0. The molecule has 0 aromatic carbocycles. The molecule has 2 amide bonds. The molecule has 0 spiro atoms. The largest absolute Gasteiger partial charge is 0.543 e. The predicted molar refractivity (Wildman–Crippen MR) is 149 cm³/mol. The van der Waals surface area contributed by atoms with Gasteiger partial charge in [-0.15, -0.1) is 34.4 Å². The highest BCUT2D eigenvalue weighted by Gasteiger charge is 2.53. The van der Waals surface area contributed by atoms with Gasteiger partial charge in [-0.3, -0.25) is 14.5 Å². The van der Waals surface area contributed by atoms with Crippen molar-refractivity contribution >= 4 is 63.1 Å². The van der Waals surface area contributed by atoms with E-state index in [1.54, 1.807) is 17.4 Å². The molecule has 0 unspecified atom stereocenters. The number of hydrogen-bond acceptors (Lipinski definition) is 12. The lowest BCUT2D eigenvalue weighted by Crippen LogP contribution is -2.71. The maximum atomic E-state index is 13.0. The van der Waals surface area contributed by atoms with Gasteiger partial charge in [0.1, 0.15) is 36.9 Å². The van der Waals surface area contributed by atoms with Crippen LogP contribution in [0.2, 0.25) is 0 Å². The molecule has 40 heavy (non-hydrogen) atoms. The van der Waals surface area contributed by atoms with E-state index in [4.69, 9.17) is 10.6 Å². The van der Waals surface area contributed by atoms with Gasteiger partial charge in [0.25, 0.3) is 11.8 Å². The molecule has 2 aliphatic heterocycles. The van der Waals surface area contributed by atoms with Crippen LogP contribution in [0, 0.1) is 6.92 Å². The number of thiazole rings is 2. The molecule has 2 aliphatic rings. The van der Waals surface area contributed by atoms with Crippen molar-refractivity contribution < 1.29 is 33.2 Å². The van der Waals surface area contributed by atoms with E-state index in [1.807, 2.05) is 18.5 Å². The van der Waals surface area contributed by atoms with Gasteiger partial charge in [-0.2, -0.15) is 0 Å². The molecule has 2 atom stereocenters. The summed E-state index contributed by atoms with van der Waals surface area (Å²) in [6.45, 7) is 2.17. The Labute approximate surface area is 242 Å². The van der Waals surface area contributed by atoms with Crippen LogP contribution in [-0.2, 0) is 25.8 Å². The molecule has 1 fully saturated rings. The topological polar surface area (TPSA) is 163 Å². The fourth-order valence-electron chi connectivity index (χ4n) is 4.13. The molecule has 1 saturated heterocycles. The van der Waals surface area contributed by atoms with E-state index in [0.29, 0.717) is 22.4 Å². The summed E-state index contributed by atoms with van der Waals surface area (Å²) in [6.07, 6.45) is 3.60. The summed E-state index contributed by atoms with van der Waals surface area (Å²) in [5.74, 6) is -2.57. The second-order valence-electron chi connectivity index (χ2n) is 9.60. The van der Waals surface area contributed by atoms with Gasteiger partial charge in [-0.1, -0.05) is 11.2 Å². The quantitative estimate of drug-likeness (QED) is 0.114. The van der Waals surface area contributed by atoms with Crippen molar-refractivity contribution in [3.8, 4) is 0 Å². The molecule has 0 bridgehead atoms. The normalized spacial score (nSPS) is 19.6. The zero-order valence-electron chi connectivity index (χ0n) is 22.0. The third-order valence-electron chi connectivity index (χ3n) is 6.12. The highest BCUT2D eigenvalue weighted by Crippen LogP contribution is 2.40. The summed E-state index contributed by atoms with van der Waals surface area (Å²) >= 11 is 3.98. The number of carbonyl (C=O) groups is 3. The summed E-state index contributed by atoms with van der Waals surface area (Å²) in [4.78, 5) is 53.6. The Morgan fingerprint density at radius 2 is 2.17 bits per heavy atom. The zero-order valence-corrected chi connectivity index (χ0v) is 24.4. The zero-order chi connectivity index (χ0) is 29.0. The number of β-lactam (4-membered cyclic amide) rings is 1. The smallest absolute Gasteiger partial charge is 0.276 e. The summed E-state index contributed by atoms with van der Waals surface area (Å²) in [6, 6.07) is -1.02. The molecular formula is C24H28FN7O5S3. The number of alkyl halides is 1. The lowest BCUT2D eigenvalue weighted by molar-refractivity contribution is -0.897. The Balaban J connectivity index is 1.46. The monoisotopic (exact) mass is 609 g/mol. The number of aliphatic carboxylic acids is 1. The van der Waals surface area contributed by atoms with Crippen molar-refractivity contribution in [2.45, 2.75) is 24.9 Å². The molecule has 2 aromatic rings. The van der Waals surface area contributed by atoms with Gasteiger partial charge in [0.05, 0.1) is 48.4 Å². The predicted octanol–water partition coefficient (Wildman–Crippen LogP) is 0.417. The first kappa shape index (κ1) is 29.6. The van der Waals surface area contributed by atoms with Crippen LogP contribution < -0.4 is 16.2 Å². The number of nitrogens with zero attached hydrogens (tertiary/aromatic N) is 5. The number of thioether (sulfide) groups is 1. The number of quaternary nitrogens is 1. The number of amides is 2. The summed E-state index contributed by atoms with van der Waals surface area (Å²) in [5, 5.41) is 19.3. The lowest BCUT2D eigenvalue weighted by Gasteiger charge is -2.50. The molecule has 214 valence electrons. The van der Waals surface area contributed by atoms with E-state index in [-0.39, 0.29) is 28.8 Å². The number of allylic oxidation sites excluding steroid dienone is 1. The van der Waals surface area contributed by atoms with Crippen LogP contribution in [-0.4, -0.2) is 93.9 Å². The summed E-state index contributed by atoms with van der Waals surface area (Å²) in [5.41, 5.74) is 8.53. The molecular weight excluding hydrogens is 582 g/mol. The highest BCUT2D eigenvalue weighted by molar-refractivity contribution is 8.00. The second kappa shape index (κ2) is 12.4. The number of nitrogen functional groups attached to an aromatic ring is 1. The Bertz CT molecular complexity index is 1390. The molecule has 2 aromatic heterocycles. The van der Waals surface area contributed by atoms with E-state index in [9.17, 15) is 23.9 Å². The van der Waals surface area contributed by atoms with E-state index in [1.165, 1.54) is 22.0 Å². The lowest BCUT2D eigenvalue weighted by atomic mass is 10.0. The molecule has 0 aliphatic carbocycles. The fourth-order valence-corrected chi connectivity index (χ4v) is 6.98. The van der Waals surface area contributed by atoms with E-state index in [0.717, 1.165) is 28.5 Å². The van der Waals surface area contributed by atoms with Crippen LogP contribution in [0.3, 0.4) is 0 Å². The standard InChI is InChI=1S/C24H28FN7O5S3/c1-13-16(40-12-27-13)9-32(2,3)7-4-5-14-10-38-22-18(21(34)31(22)19(14)23(35)36)29-20(33)17(30-37-8-6-25)15-11-39-24(26)28-15/h4-5,11-12,18,22H,6-10H2,1-3H3,(H3-,26,28,29,33,35,36)/b5-4+,30-17+/t18-,22-/m1/s1. The first-order valence-electron chi connectivity index (χ1n) is 12.1. The summed E-state index contributed by atoms with van der Waals surface area (Å²) < 4.78 is 13.1. The number of nitrogens with two attached hydrogens (primary N) is 1. The van der Waals surface area contributed by atoms with Gasteiger partial charge in [-0.05, 0) is 18.6 Å². The van der Waals surface area contributed by atoms with Crippen LogP contribution in [0.1, 0.15) is 16.3 Å². The number of aryl methyl sites for hydroxylation is 1. The second-order valence-corrected chi connectivity index (χ2v) is 12.5. The van der Waals surface area contributed by atoms with Gasteiger partial charge >= 0.3 is 0 Å². The first-order valence-corrected chi connectivity index (χ1v) is 14.9. The minimum atomic E-state index is -1.48.